The number of aromatic nitrogens is 4. The van der Waals surface area contributed by atoms with Crippen molar-refractivity contribution in [3.8, 4) is 5.75 Å². The van der Waals surface area contributed by atoms with Crippen molar-refractivity contribution in [2.24, 2.45) is 0 Å². The molecule has 0 aromatic carbocycles. The van der Waals surface area contributed by atoms with Gasteiger partial charge in [0, 0.05) is 0 Å². The average molecular weight is 259 g/mol. The van der Waals surface area contributed by atoms with Crippen LogP contribution in [0.3, 0.4) is 0 Å². The molecule has 0 aliphatic carbocycles. The van der Waals surface area contributed by atoms with Gasteiger partial charge in [0.1, 0.15) is 23.6 Å². The van der Waals surface area contributed by atoms with Gasteiger partial charge in [0.2, 0.25) is 0 Å². The number of carbonyl (C=O) groups is 1. The van der Waals surface area contributed by atoms with Crippen LogP contribution in [-0.4, -0.2) is 30.8 Å². The number of aromatic hydroxyl groups is 1. The molecule has 1 amide bonds. The Hall–Kier alpha value is -2.44. The molecule has 98 valence electrons. The maximum absolute atomic E-state index is 12.0. The fraction of sp³-hybridized carbons (Fsp3) is 0.333. The summed E-state index contributed by atoms with van der Waals surface area (Å²) in [4.78, 5) is 20.1. The molecule has 2 atom stereocenters. The van der Waals surface area contributed by atoms with E-state index in [2.05, 4.69) is 20.4 Å². The highest BCUT2D eigenvalue weighted by atomic mass is 16.3. The lowest BCUT2D eigenvalue weighted by molar-refractivity contribution is 0.0930. The lowest BCUT2D eigenvalue weighted by Gasteiger charge is -2.10. The molecular weight excluding hydrogens is 246 g/mol. The quantitative estimate of drug-likeness (QED) is 0.832. The molecule has 2 N–H and O–H groups in total. The second-order valence-corrected chi connectivity index (χ2v) is 4.58. The fourth-order valence-corrected chi connectivity index (χ4v) is 2.27. The van der Waals surface area contributed by atoms with E-state index in [9.17, 15) is 4.79 Å². The number of hydrogen-bond donors (Lipinski definition) is 2. The lowest BCUT2D eigenvalue weighted by atomic mass is 10.1. The van der Waals surface area contributed by atoms with Gasteiger partial charge in [-0.1, -0.05) is 0 Å². The summed E-state index contributed by atoms with van der Waals surface area (Å²) in [6, 6.07) is 2.98. The number of nitrogens with zero attached hydrogens (tertiary/aromatic N) is 4. The molecular formula is C12H13N5O2. The zero-order valence-electron chi connectivity index (χ0n) is 10.3. The van der Waals surface area contributed by atoms with Crippen LogP contribution < -0.4 is 5.32 Å². The molecule has 19 heavy (non-hydrogen) atoms. The second kappa shape index (κ2) is 4.34. The Balaban J connectivity index is 1.76. The first kappa shape index (κ1) is 11.6. The predicted octanol–water partition coefficient (Wildman–Crippen LogP) is 0.814. The standard InChI is InChI=1S/C12H13N5O2/c1-7-4-10(11-14-6-15-17(7)11)16-12(19)9-3-2-8(18)5-13-9/h2-3,5-7,10,18H,4H2,1H3,(H,16,19). The smallest absolute Gasteiger partial charge is 0.270 e. The number of rotatable bonds is 2. The van der Waals surface area contributed by atoms with Gasteiger partial charge in [0.25, 0.3) is 5.91 Å². The third kappa shape index (κ3) is 2.03. The normalized spacial score (nSPS) is 21.1. The Morgan fingerprint density at radius 2 is 2.32 bits per heavy atom. The third-order valence-electron chi connectivity index (χ3n) is 3.19. The summed E-state index contributed by atoms with van der Waals surface area (Å²) in [5.41, 5.74) is 0.267. The molecule has 3 rings (SSSR count). The van der Waals surface area contributed by atoms with Crippen molar-refractivity contribution in [3.05, 3.63) is 36.2 Å². The van der Waals surface area contributed by atoms with Crippen LogP contribution in [0.4, 0.5) is 0 Å². The van der Waals surface area contributed by atoms with E-state index in [1.165, 1.54) is 24.7 Å². The Morgan fingerprint density at radius 3 is 3.05 bits per heavy atom. The molecule has 0 saturated carbocycles. The Kier molecular flexibility index (Phi) is 2.66. The van der Waals surface area contributed by atoms with Crippen LogP contribution in [-0.2, 0) is 0 Å². The van der Waals surface area contributed by atoms with E-state index in [1.807, 2.05) is 11.6 Å². The minimum absolute atomic E-state index is 0.0331. The highest BCUT2D eigenvalue weighted by Crippen LogP contribution is 2.31. The van der Waals surface area contributed by atoms with E-state index in [1.54, 1.807) is 0 Å². The van der Waals surface area contributed by atoms with Crippen molar-refractivity contribution < 1.29 is 9.90 Å². The summed E-state index contributed by atoms with van der Waals surface area (Å²) in [7, 11) is 0. The zero-order valence-corrected chi connectivity index (χ0v) is 10.3. The van der Waals surface area contributed by atoms with Crippen LogP contribution >= 0.6 is 0 Å². The summed E-state index contributed by atoms with van der Waals surface area (Å²) in [6.45, 7) is 2.03. The van der Waals surface area contributed by atoms with E-state index in [-0.39, 0.29) is 29.4 Å². The largest absolute Gasteiger partial charge is 0.506 e. The van der Waals surface area contributed by atoms with Gasteiger partial charge in [-0.15, -0.1) is 0 Å². The minimum Gasteiger partial charge on any atom is -0.506 e. The summed E-state index contributed by atoms with van der Waals surface area (Å²) in [6.07, 6.45) is 3.50. The molecule has 0 fully saturated rings. The van der Waals surface area contributed by atoms with Crippen molar-refractivity contribution in [1.82, 2.24) is 25.1 Å². The van der Waals surface area contributed by atoms with Crippen LogP contribution in [0.1, 0.15) is 41.7 Å². The van der Waals surface area contributed by atoms with Gasteiger partial charge in [-0.25, -0.2) is 14.6 Å². The summed E-state index contributed by atoms with van der Waals surface area (Å²) in [5, 5.41) is 16.2. The molecule has 2 aromatic rings. The first-order chi connectivity index (χ1) is 9.15. The molecule has 0 spiro atoms. The van der Waals surface area contributed by atoms with Crippen LogP contribution in [0, 0.1) is 0 Å². The van der Waals surface area contributed by atoms with Crippen LogP contribution in [0.15, 0.2) is 24.7 Å². The minimum atomic E-state index is -0.284. The van der Waals surface area contributed by atoms with Gasteiger partial charge >= 0.3 is 0 Å². The van der Waals surface area contributed by atoms with Crippen LogP contribution in [0.5, 0.6) is 5.75 Å². The number of nitrogens with one attached hydrogen (secondary N) is 1. The maximum atomic E-state index is 12.0. The van der Waals surface area contributed by atoms with Crippen molar-refractivity contribution in [3.63, 3.8) is 0 Å². The van der Waals surface area contributed by atoms with Gasteiger partial charge in [-0.2, -0.15) is 5.10 Å². The molecule has 7 nitrogen and oxygen atoms in total. The van der Waals surface area contributed by atoms with E-state index >= 15 is 0 Å². The number of pyridine rings is 1. The highest BCUT2D eigenvalue weighted by molar-refractivity contribution is 5.92. The van der Waals surface area contributed by atoms with Gasteiger partial charge in [0.05, 0.1) is 18.3 Å². The Bertz CT molecular complexity index is 607. The summed E-state index contributed by atoms with van der Waals surface area (Å²) < 4.78 is 1.81. The second-order valence-electron chi connectivity index (χ2n) is 4.58. The topological polar surface area (TPSA) is 92.9 Å². The van der Waals surface area contributed by atoms with E-state index in [4.69, 9.17) is 5.11 Å². The van der Waals surface area contributed by atoms with E-state index < -0.39 is 0 Å². The van der Waals surface area contributed by atoms with Crippen molar-refractivity contribution in [1.29, 1.82) is 0 Å². The lowest BCUT2D eigenvalue weighted by Crippen LogP contribution is -2.28. The van der Waals surface area contributed by atoms with E-state index in [0.29, 0.717) is 0 Å². The number of hydrogen-bond acceptors (Lipinski definition) is 5. The number of fused-ring (bicyclic) bond motifs is 1. The SMILES string of the molecule is CC1CC(NC(=O)c2ccc(O)cn2)c2ncnn21. The molecule has 2 unspecified atom stereocenters. The predicted molar refractivity (Wildman–Crippen MR) is 65.5 cm³/mol. The van der Waals surface area contributed by atoms with Crippen molar-refractivity contribution in [2.75, 3.05) is 0 Å². The van der Waals surface area contributed by atoms with Crippen LogP contribution in [0.2, 0.25) is 0 Å². The van der Waals surface area contributed by atoms with Gasteiger partial charge in [-0.05, 0) is 25.5 Å². The maximum Gasteiger partial charge on any atom is 0.270 e. The first-order valence-electron chi connectivity index (χ1n) is 6.00. The molecule has 7 heteroatoms. The molecule has 0 radical (unpaired) electrons. The van der Waals surface area contributed by atoms with Gasteiger partial charge in [0.15, 0.2) is 0 Å². The highest BCUT2D eigenvalue weighted by Gasteiger charge is 2.31. The van der Waals surface area contributed by atoms with Crippen molar-refractivity contribution in [2.45, 2.75) is 25.4 Å². The van der Waals surface area contributed by atoms with Crippen molar-refractivity contribution >= 4 is 5.91 Å². The third-order valence-corrected chi connectivity index (χ3v) is 3.19. The Morgan fingerprint density at radius 1 is 1.47 bits per heavy atom. The molecule has 0 saturated heterocycles. The average Bonchev–Trinajstić information content (AvgIpc) is 2.96. The first-order valence-corrected chi connectivity index (χ1v) is 6.00. The molecule has 1 aliphatic heterocycles. The van der Waals surface area contributed by atoms with Gasteiger partial charge < -0.3 is 10.4 Å². The monoisotopic (exact) mass is 259 g/mol. The number of carbonyl (C=O) groups excluding carboxylic acids is 1. The summed E-state index contributed by atoms with van der Waals surface area (Å²) >= 11 is 0. The van der Waals surface area contributed by atoms with E-state index in [0.717, 1.165) is 12.2 Å². The zero-order chi connectivity index (χ0) is 13.4. The summed E-state index contributed by atoms with van der Waals surface area (Å²) in [5.74, 6) is 0.513. The molecule has 1 aliphatic rings. The Labute approximate surface area is 109 Å². The van der Waals surface area contributed by atoms with Gasteiger partial charge in [-0.3, -0.25) is 4.79 Å². The molecule has 3 heterocycles. The fourth-order valence-electron chi connectivity index (χ4n) is 2.27. The van der Waals surface area contributed by atoms with Crippen LogP contribution in [0.25, 0.3) is 0 Å². The number of amides is 1. The molecule has 0 bridgehead atoms. The molecule has 2 aromatic heterocycles.